The van der Waals surface area contributed by atoms with Crippen LogP contribution in [0.5, 0.6) is 0 Å². The standard InChI is InChI=1S/C14H20N4S2/c1-2-9-7-11-12(17-14(15)18-13(11)20-9)16-8-10-5-3-4-6-19-10/h7,10H,2-6,8H2,1H3,(H3,15,16,17,18). The number of hydrogen-bond donors (Lipinski definition) is 2. The summed E-state index contributed by atoms with van der Waals surface area (Å²) in [5, 5.41) is 5.30. The van der Waals surface area contributed by atoms with Crippen LogP contribution in [0.1, 0.15) is 31.1 Å². The lowest BCUT2D eigenvalue weighted by Crippen LogP contribution is -2.20. The molecule has 3 N–H and O–H groups in total. The van der Waals surface area contributed by atoms with Crippen molar-refractivity contribution in [2.45, 2.75) is 37.9 Å². The topological polar surface area (TPSA) is 63.8 Å². The van der Waals surface area contributed by atoms with Crippen molar-refractivity contribution >= 4 is 45.1 Å². The van der Waals surface area contributed by atoms with Gasteiger partial charge in [-0.05, 0) is 31.1 Å². The number of nitrogens with zero attached hydrogens (tertiary/aromatic N) is 2. The molecule has 1 fully saturated rings. The Bertz CT molecular complexity index is 590. The summed E-state index contributed by atoms with van der Waals surface area (Å²) >= 11 is 3.78. The molecule has 1 aliphatic rings. The summed E-state index contributed by atoms with van der Waals surface area (Å²) in [6.07, 6.45) is 5.03. The number of thioether (sulfide) groups is 1. The van der Waals surface area contributed by atoms with Gasteiger partial charge in [0.15, 0.2) is 0 Å². The molecule has 0 bridgehead atoms. The number of hydrogen-bond acceptors (Lipinski definition) is 6. The van der Waals surface area contributed by atoms with Gasteiger partial charge >= 0.3 is 0 Å². The number of aryl methyl sites for hydroxylation is 1. The van der Waals surface area contributed by atoms with Crippen LogP contribution in [0.4, 0.5) is 11.8 Å². The van der Waals surface area contributed by atoms with Gasteiger partial charge in [0.25, 0.3) is 0 Å². The number of thiophene rings is 1. The molecule has 108 valence electrons. The molecule has 6 heteroatoms. The van der Waals surface area contributed by atoms with Crippen molar-refractivity contribution in [3.05, 3.63) is 10.9 Å². The Balaban J connectivity index is 1.80. The van der Waals surface area contributed by atoms with Gasteiger partial charge in [-0.25, -0.2) is 4.98 Å². The molecule has 0 aromatic carbocycles. The molecule has 0 amide bonds. The van der Waals surface area contributed by atoms with Gasteiger partial charge in [0.05, 0.1) is 5.39 Å². The summed E-state index contributed by atoms with van der Waals surface area (Å²) in [5.74, 6) is 2.54. The molecule has 0 saturated carbocycles. The van der Waals surface area contributed by atoms with Crippen LogP contribution in [0.3, 0.4) is 0 Å². The van der Waals surface area contributed by atoms with Crippen LogP contribution in [0.2, 0.25) is 0 Å². The zero-order chi connectivity index (χ0) is 13.9. The second-order valence-electron chi connectivity index (χ2n) is 5.08. The van der Waals surface area contributed by atoms with E-state index in [0.29, 0.717) is 11.2 Å². The van der Waals surface area contributed by atoms with Crippen molar-refractivity contribution in [2.75, 3.05) is 23.3 Å². The highest BCUT2D eigenvalue weighted by atomic mass is 32.2. The van der Waals surface area contributed by atoms with Crippen molar-refractivity contribution in [2.24, 2.45) is 0 Å². The van der Waals surface area contributed by atoms with Crippen LogP contribution in [0.15, 0.2) is 6.07 Å². The molecular weight excluding hydrogens is 288 g/mol. The highest BCUT2D eigenvalue weighted by molar-refractivity contribution is 7.99. The molecule has 3 rings (SSSR count). The van der Waals surface area contributed by atoms with E-state index in [4.69, 9.17) is 5.73 Å². The first-order valence-electron chi connectivity index (χ1n) is 7.17. The minimum atomic E-state index is 0.362. The molecular formula is C14H20N4S2. The van der Waals surface area contributed by atoms with Crippen molar-refractivity contribution in [3.63, 3.8) is 0 Å². The maximum Gasteiger partial charge on any atom is 0.223 e. The molecule has 2 aromatic rings. The zero-order valence-corrected chi connectivity index (χ0v) is 13.3. The van der Waals surface area contributed by atoms with E-state index in [0.717, 1.165) is 29.0 Å². The Morgan fingerprint density at radius 3 is 3.05 bits per heavy atom. The van der Waals surface area contributed by atoms with E-state index in [1.807, 2.05) is 0 Å². The van der Waals surface area contributed by atoms with Gasteiger partial charge in [0.1, 0.15) is 10.6 Å². The van der Waals surface area contributed by atoms with Crippen LogP contribution in [-0.2, 0) is 6.42 Å². The summed E-state index contributed by atoms with van der Waals surface area (Å²) in [7, 11) is 0. The molecule has 1 atom stereocenters. The molecule has 4 nitrogen and oxygen atoms in total. The summed E-state index contributed by atoms with van der Waals surface area (Å²) in [4.78, 5) is 11.0. The van der Waals surface area contributed by atoms with Crippen LogP contribution in [0.25, 0.3) is 10.2 Å². The molecule has 0 radical (unpaired) electrons. The van der Waals surface area contributed by atoms with E-state index in [9.17, 15) is 0 Å². The largest absolute Gasteiger partial charge is 0.368 e. The first-order chi connectivity index (χ1) is 9.76. The summed E-state index contributed by atoms with van der Waals surface area (Å²) < 4.78 is 0. The van der Waals surface area contributed by atoms with E-state index in [-0.39, 0.29) is 0 Å². The summed E-state index contributed by atoms with van der Waals surface area (Å²) in [6, 6.07) is 2.19. The number of anilines is 2. The van der Waals surface area contributed by atoms with Gasteiger partial charge in [0.2, 0.25) is 5.95 Å². The van der Waals surface area contributed by atoms with Crippen molar-refractivity contribution < 1.29 is 0 Å². The Morgan fingerprint density at radius 2 is 2.30 bits per heavy atom. The lowest BCUT2D eigenvalue weighted by molar-refractivity contribution is 0.677. The molecule has 2 aromatic heterocycles. The molecule has 1 saturated heterocycles. The van der Waals surface area contributed by atoms with E-state index in [2.05, 4.69) is 40.0 Å². The quantitative estimate of drug-likeness (QED) is 0.904. The Hall–Kier alpha value is -1.01. The predicted octanol–water partition coefficient (Wildman–Crippen LogP) is 3.53. The first-order valence-corrected chi connectivity index (χ1v) is 9.04. The average molecular weight is 308 g/mol. The summed E-state index contributed by atoms with van der Waals surface area (Å²) in [6.45, 7) is 3.13. The third kappa shape index (κ3) is 3.01. The van der Waals surface area contributed by atoms with Gasteiger partial charge in [0, 0.05) is 16.7 Å². The van der Waals surface area contributed by atoms with Gasteiger partial charge in [-0.2, -0.15) is 16.7 Å². The van der Waals surface area contributed by atoms with Crippen LogP contribution in [0, 0.1) is 0 Å². The SMILES string of the molecule is CCc1cc2c(NCC3CCCCS3)nc(N)nc2s1. The fourth-order valence-corrected chi connectivity index (χ4v) is 4.69. The molecule has 0 aliphatic carbocycles. The molecule has 20 heavy (non-hydrogen) atoms. The fourth-order valence-electron chi connectivity index (χ4n) is 2.48. The van der Waals surface area contributed by atoms with Gasteiger partial charge < -0.3 is 11.1 Å². The van der Waals surface area contributed by atoms with Gasteiger partial charge in [-0.3, -0.25) is 0 Å². The molecule has 0 spiro atoms. The Kier molecular flexibility index (Phi) is 4.31. The van der Waals surface area contributed by atoms with Gasteiger partial charge in [-0.15, -0.1) is 11.3 Å². The number of fused-ring (bicyclic) bond motifs is 1. The number of nitrogens with one attached hydrogen (secondary N) is 1. The average Bonchev–Trinajstić information content (AvgIpc) is 2.88. The first kappa shape index (κ1) is 13.9. The molecule has 1 aliphatic heterocycles. The van der Waals surface area contributed by atoms with Crippen molar-refractivity contribution in [1.29, 1.82) is 0 Å². The zero-order valence-electron chi connectivity index (χ0n) is 11.7. The predicted molar refractivity (Wildman–Crippen MR) is 89.8 cm³/mol. The van der Waals surface area contributed by atoms with Crippen molar-refractivity contribution in [1.82, 2.24) is 9.97 Å². The minimum absolute atomic E-state index is 0.362. The normalized spacial score (nSPS) is 19.4. The van der Waals surface area contributed by atoms with Crippen molar-refractivity contribution in [3.8, 4) is 0 Å². The highest BCUT2D eigenvalue weighted by Gasteiger charge is 2.15. The highest BCUT2D eigenvalue weighted by Crippen LogP contribution is 2.31. The minimum Gasteiger partial charge on any atom is -0.368 e. The number of rotatable bonds is 4. The molecule has 3 heterocycles. The van der Waals surface area contributed by atoms with E-state index in [1.54, 1.807) is 11.3 Å². The number of aromatic nitrogens is 2. The fraction of sp³-hybridized carbons (Fsp3) is 0.571. The summed E-state index contributed by atoms with van der Waals surface area (Å²) in [5.41, 5.74) is 5.82. The van der Waals surface area contributed by atoms with Crippen LogP contribution < -0.4 is 11.1 Å². The number of nitrogens with two attached hydrogens (primary N) is 1. The third-order valence-corrected chi connectivity index (χ3v) is 6.15. The number of nitrogen functional groups attached to an aromatic ring is 1. The monoisotopic (exact) mass is 308 g/mol. The lowest BCUT2D eigenvalue weighted by Gasteiger charge is -2.21. The Morgan fingerprint density at radius 1 is 1.40 bits per heavy atom. The second-order valence-corrected chi connectivity index (χ2v) is 7.61. The molecule has 1 unspecified atom stereocenters. The lowest BCUT2D eigenvalue weighted by atomic mass is 10.2. The van der Waals surface area contributed by atoms with E-state index < -0.39 is 0 Å². The van der Waals surface area contributed by atoms with E-state index >= 15 is 0 Å². The van der Waals surface area contributed by atoms with E-state index in [1.165, 1.54) is 29.9 Å². The maximum absolute atomic E-state index is 5.82. The van der Waals surface area contributed by atoms with Crippen LogP contribution in [-0.4, -0.2) is 27.5 Å². The smallest absolute Gasteiger partial charge is 0.223 e. The third-order valence-electron chi connectivity index (χ3n) is 3.58. The Labute approximate surface area is 127 Å². The van der Waals surface area contributed by atoms with Crippen LogP contribution >= 0.6 is 23.1 Å². The maximum atomic E-state index is 5.82. The van der Waals surface area contributed by atoms with Gasteiger partial charge in [-0.1, -0.05) is 13.3 Å². The second kappa shape index (κ2) is 6.18.